The number of thioether (sulfide) groups is 1. The van der Waals surface area contributed by atoms with Gasteiger partial charge >= 0.3 is 0 Å². The number of hydrogen-bond acceptors (Lipinski definition) is 3. The predicted octanol–water partition coefficient (Wildman–Crippen LogP) is 2.37. The Labute approximate surface area is 106 Å². The molecular formula is C13H18N2OS. The second kappa shape index (κ2) is 6.07. The second-order valence-corrected chi connectivity index (χ2v) is 5.52. The van der Waals surface area contributed by atoms with Crippen LogP contribution < -0.4 is 11.1 Å². The first-order chi connectivity index (χ1) is 8.31. The molecule has 1 unspecified atom stereocenters. The molecule has 1 aromatic carbocycles. The molecule has 3 N–H and O–H groups in total. The van der Waals surface area contributed by atoms with Crippen LogP contribution in [0.1, 0.15) is 24.8 Å². The van der Waals surface area contributed by atoms with E-state index in [9.17, 15) is 4.79 Å². The SMILES string of the molecule is NCc1ccccc1NC(=O)C1CCCCS1. The Balaban J connectivity index is 2.01. The van der Waals surface area contributed by atoms with Gasteiger partial charge in [-0.3, -0.25) is 4.79 Å². The quantitative estimate of drug-likeness (QED) is 0.866. The maximum absolute atomic E-state index is 12.1. The summed E-state index contributed by atoms with van der Waals surface area (Å²) in [6, 6.07) is 7.72. The Hall–Kier alpha value is -1.000. The molecule has 1 heterocycles. The predicted molar refractivity (Wildman–Crippen MR) is 73.1 cm³/mol. The summed E-state index contributed by atoms with van der Waals surface area (Å²) in [5, 5.41) is 3.10. The average molecular weight is 250 g/mol. The maximum atomic E-state index is 12.1. The van der Waals surface area contributed by atoms with Crippen LogP contribution in [0.3, 0.4) is 0 Å². The van der Waals surface area contributed by atoms with Crippen molar-refractivity contribution in [2.45, 2.75) is 31.1 Å². The van der Waals surface area contributed by atoms with E-state index in [4.69, 9.17) is 5.73 Å². The molecule has 4 heteroatoms. The van der Waals surface area contributed by atoms with E-state index in [1.54, 1.807) is 11.8 Å². The zero-order chi connectivity index (χ0) is 12.1. The van der Waals surface area contributed by atoms with E-state index in [0.29, 0.717) is 6.54 Å². The largest absolute Gasteiger partial charge is 0.326 e. The van der Waals surface area contributed by atoms with Crippen LogP contribution in [0.2, 0.25) is 0 Å². The molecule has 17 heavy (non-hydrogen) atoms. The molecule has 1 aliphatic rings. The fraction of sp³-hybridized carbons (Fsp3) is 0.462. The molecule has 1 fully saturated rings. The Kier molecular flexibility index (Phi) is 4.45. The van der Waals surface area contributed by atoms with Gasteiger partial charge in [-0.1, -0.05) is 24.6 Å². The van der Waals surface area contributed by atoms with Gasteiger partial charge in [0.05, 0.1) is 5.25 Å². The van der Waals surface area contributed by atoms with Crippen LogP contribution >= 0.6 is 11.8 Å². The first-order valence-corrected chi connectivity index (χ1v) is 7.06. The number of benzene rings is 1. The molecule has 1 aliphatic heterocycles. The Morgan fingerprint density at radius 1 is 1.41 bits per heavy atom. The van der Waals surface area contributed by atoms with E-state index in [-0.39, 0.29) is 11.2 Å². The number of carbonyl (C=O) groups is 1. The molecule has 2 rings (SSSR count). The van der Waals surface area contributed by atoms with E-state index in [2.05, 4.69) is 5.32 Å². The Morgan fingerprint density at radius 3 is 2.94 bits per heavy atom. The molecule has 1 aromatic rings. The summed E-state index contributed by atoms with van der Waals surface area (Å²) in [7, 11) is 0. The Bertz CT molecular complexity index is 389. The highest BCUT2D eigenvalue weighted by molar-refractivity contribution is 8.00. The van der Waals surface area contributed by atoms with Crippen LogP contribution in [0.25, 0.3) is 0 Å². The molecule has 0 bridgehead atoms. The fourth-order valence-corrected chi connectivity index (χ4v) is 3.18. The van der Waals surface area contributed by atoms with Crippen LogP contribution in [0.4, 0.5) is 5.69 Å². The van der Waals surface area contributed by atoms with Crippen molar-refractivity contribution in [1.82, 2.24) is 0 Å². The van der Waals surface area contributed by atoms with Gasteiger partial charge in [0.1, 0.15) is 0 Å². The van der Waals surface area contributed by atoms with E-state index >= 15 is 0 Å². The highest BCUT2D eigenvalue weighted by atomic mass is 32.2. The molecule has 92 valence electrons. The van der Waals surface area contributed by atoms with Gasteiger partial charge in [-0.05, 0) is 30.2 Å². The lowest BCUT2D eigenvalue weighted by Crippen LogP contribution is -2.28. The number of nitrogens with two attached hydrogens (primary N) is 1. The molecule has 3 nitrogen and oxygen atoms in total. The number of para-hydroxylation sites is 1. The topological polar surface area (TPSA) is 55.1 Å². The molecule has 0 aromatic heterocycles. The molecular weight excluding hydrogens is 232 g/mol. The van der Waals surface area contributed by atoms with Gasteiger partial charge in [0.15, 0.2) is 0 Å². The van der Waals surface area contributed by atoms with Gasteiger partial charge in [0, 0.05) is 12.2 Å². The zero-order valence-corrected chi connectivity index (χ0v) is 10.6. The average Bonchev–Trinajstić information content (AvgIpc) is 2.40. The number of rotatable bonds is 3. The van der Waals surface area contributed by atoms with Crippen molar-refractivity contribution < 1.29 is 4.79 Å². The summed E-state index contributed by atoms with van der Waals surface area (Å²) < 4.78 is 0. The normalized spacial score (nSPS) is 19.9. The van der Waals surface area contributed by atoms with Crippen molar-refractivity contribution in [3.05, 3.63) is 29.8 Å². The third-order valence-electron chi connectivity index (χ3n) is 2.97. The van der Waals surface area contributed by atoms with Crippen LogP contribution in [0, 0.1) is 0 Å². The zero-order valence-electron chi connectivity index (χ0n) is 9.82. The summed E-state index contributed by atoms with van der Waals surface area (Å²) in [5.74, 6) is 1.21. The third-order valence-corrected chi connectivity index (χ3v) is 4.34. The van der Waals surface area contributed by atoms with E-state index < -0.39 is 0 Å². The summed E-state index contributed by atoms with van der Waals surface area (Å²) >= 11 is 1.76. The van der Waals surface area contributed by atoms with Crippen molar-refractivity contribution >= 4 is 23.4 Å². The van der Waals surface area contributed by atoms with Crippen molar-refractivity contribution in [3.8, 4) is 0 Å². The summed E-state index contributed by atoms with van der Waals surface area (Å²) in [5.41, 5.74) is 7.49. The minimum Gasteiger partial charge on any atom is -0.326 e. The van der Waals surface area contributed by atoms with Gasteiger partial charge in [-0.15, -0.1) is 11.8 Å². The van der Waals surface area contributed by atoms with Gasteiger partial charge in [-0.2, -0.15) is 0 Å². The second-order valence-electron chi connectivity index (χ2n) is 4.21. The van der Waals surface area contributed by atoms with Crippen LogP contribution in [-0.2, 0) is 11.3 Å². The molecule has 1 atom stereocenters. The molecule has 0 radical (unpaired) electrons. The summed E-state index contributed by atoms with van der Waals surface area (Å²) in [4.78, 5) is 12.1. The highest BCUT2D eigenvalue weighted by Gasteiger charge is 2.22. The van der Waals surface area contributed by atoms with Gasteiger partial charge in [0.25, 0.3) is 0 Å². The highest BCUT2D eigenvalue weighted by Crippen LogP contribution is 2.26. The minimum absolute atomic E-state index is 0.106. The molecule has 1 saturated heterocycles. The smallest absolute Gasteiger partial charge is 0.237 e. The van der Waals surface area contributed by atoms with Gasteiger partial charge in [0.2, 0.25) is 5.91 Å². The van der Waals surface area contributed by atoms with Crippen molar-refractivity contribution in [3.63, 3.8) is 0 Å². The van der Waals surface area contributed by atoms with Crippen LogP contribution in [0.5, 0.6) is 0 Å². The minimum atomic E-state index is 0.106. The lowest BCUT2D eigenvalue weighted by molar-refractivity contribution is -0.115. The molecule has 0 aliphatic carbocycles. The lowest BCUT2D eigenvalue weighted by Gasteiger charge is -2.21. The van der Waals surface area contributed by atoms with E-state index in [1.807, 2.05) is 24.3 Å². The number of carbonyl (C=O) groups excluding carboxylic acids is 1. The summed E-state index contributed by atoms with van der Waals surface area (Å²) in [6.07, 6.45) is 3.37. The van der Waals surface area contributed by atoms with Crippen molar-refractivity contribution in [2.24, 2.45) is 5.73 Å². The molecule has 0 spiro atoms. The number of anilines is 1. The summed E-state index contributed by atoms with van der Waals surface area (Å²) in [6.45, 7) is 0.453. The first kappa shape index (κ1) is 12.5. The van der Waals surface area contributed by atoms with Crippen LogP contribution in [-0.4, -0.2) is 16.9 Å². The number of amides is 1. The fourth-order valence-electron chi connectivity index (χ4n) is 1.98. The maximum Gasteiger partial charge on any atom is 0.237 e. The Morgan fingerprint density at radius 2 is 2.24 bits per heavy atom. The van der Waals surface area contributed by atoms with E-state index in [1.165, 1.54) is 6.42 Å². The van der Waals surface area contributed by atoms with Crippen molar-refractivity contribution in [1.29, 1.82) is 0 Å². The van der Waals surface area contributed by atoms with Crippen LogP contribution in [0.15, 0.2) is 24.3 Å². The standard InChI is InChI=1S/C13H18N2OS/c14-9-10-5-1-2-6-11(10)15-13(16)12-7-3-4-8-17-12/h1-2,5-6,12H,3-4,7-9,14H2,(H,15,16). The lowest BCUT2D eigenvalue weighted by atomic mass is 10.1. The number of nitrogens with one attached hydrogen (secondary N) is 1. The van der Waals surface area contributed by atoms with Gasteiger partial charge in [-0.25, -0.2) is 0 Å². The van der Waals surface area contributed by atoms with E-state index in [0.717, 1.165) is 29.8 Å². The third kappa shape index (κ3) is 3.23. The number of hydrogen-bond donors (Lipinski definition) is 2. The van der Waals surface area contributed by atoms with Crippen molar-refractivity contribution in [2.75, 3.05) is 11.1 Å². The molecule has 1 amide bonds. The monoisotopic (exact) mass is 250 g/mol. The first-order valence-electron chi connectivity index (χ1n) is 6.01. The van der Waals surface area contributed by atoms with Gasteiger partial charge < -0.3 is 11.1 Å². The molecule has 0 saturated carbocycles.